The number of aromatic nitrogens is 2. The molecule has 34 heavy (non-hydrogen) atoms. The highest BCUT2D eigenvalue weighted by Gasteiger charge is 2.34. The van der Waals surface area contributed by atoms with E-state index in [4.69, 9.17) is 11.6 Å². The Morgan fingerprint density at radius 3 is 2.47 bits per heavy atom. The molecule has 0 saturated heterocycles. The predicted octanol–water partition coefficient (Wildman–Crippen LogP) is 4.36. The summed E-state index contributed by atoms with van der Waals surface area (Å²) in [7, 11) is 1.77. The van der Waals surface area contributed by atoms with Gasteiger partial charge in [-0.3, -0.25) is 14.5 Å². The third-order valence-electron chi connectivity index (χ3n) is 4.93. The van der Waals surface area contributed by atoms with Gasteiger partial charge in [-0.15, -0.1) is 0 Å². The van der Waals surface area contributed by atoms with E-state index >= 15 is 0 Å². The average Bonchev–Trinajstić information content (AvgIpc) is 3.07. The number of nitrogens with one attached hydrogen (secondary N) is 1. The van der Waals surface area contributed by atoms with Gasteiger partial charge in [-0.2, -0.15) is 18.3 Å². The molecule has 1 aromatic heterocycles. The van der Waals surface area contributed by atoms with Gasteiger partial charge in [0, 0.05) is 35.8 Å². The van der Waals surface area contributed by atoms with Gasteiger partial charge < -0.3 is 11.1 Å². The molecule has 1 amide bonds. The summed E-state index contributed by atoms with van der Waals surface area (Å²) in [4.78, 5) is 12.7. The van der Waals surface area contributed by atoms with Gasteiger partial charge in [-0.25, -0.2) is 10.2 Å². The van der Waals surface area contributed by atoms with Crippen molar-refractivity contribution in [1.29, 1.82) is 0 Å². The second kappa shape index (κ2) is 10.4. The standard InChI is InChI=1S/C23H26F4N6O/c1-6-15(22(34)31-16-7-8-19(24)18(10-16)23(25,26)27)9-21(13(2)3)33(29)12-20(28)17-11-30-32(5)14(17)4/h6-12H,2,28-29H2,1,3-5H3,(H,31,34)/b15-6?,20-12-,21-9+. The molecule has 0 radical (unpaired) electrons. The highest BCUT2D eigenvalue weighted by Crippen LogP contribution is 2.33. The number of hydrogen-bond donors (Lipinski definition) is 3. The topological polar surface area (TPSA) is 102 Å². The Morgan fingerprint density at radius 2 is 1.97 bits per heavy atom. The van der Waals surface area contributed by atoms with Crippen molar-refractivity contribution in [2.45, 2.75) is 26.9 Å². The van der Waals surface area contributed by atoms with Crippen molar-refractivity contribution < 1.29 is 22.4 Å². The van der Waals surface area contributed by atoms with Crippen LogP contribution in [0.15, 0.2) is 66.2 Å². The Balaban J connectivity index is 2.33. The van der Waals surface area contributed by atoms with Gasteiger partial charge in [0.15, 0.2) is 0 Å². The molecule has 5 N–H and O–H groups in total. The fourth-order valence-electron chi connectivity index (χ4n) is 2.94. The number of rotatable bonds is 7. The van der Waals surface area contributed by atoms with Crippen LogP contribution in [0.25, 0.3) is 5.70 Å². The van der Waals surface area contributed by atoms with E-state index in [-0.39, 0.29) is 11.3 Å². The zero-order valence-electron chi connectivity index (χ0n) is 19.2. The van der Waals surface area contributed by atoms with Crippen molar-refractivity contribution in [1.82, 2.24) is 14.8 Å². The van der Waals surface area contributed by atoms with E-state index in [0.717, 1.165) is 11.8 Å². The minimum Gasteiger partial charge on any atom is -0.397 e. The minimum absolute atomic E-state index is 0.0795. The molecule has 182 valence electrons. The highest BCUT2D eigenvalue weighted by atomic mass is 19.4. The molecule has 1 aromatic carbocycles. The maximum atomic E-state index is 13.5. The van der Waals surface area contributed by atoms with Crippen LogP contribution in [0.2, 0.25) is 0 Å². The molecule has 7 nitrogen and oxygen atoms in total. The summed E-state index contributed by atoms with van der Waals surface area (Å²) in [5.74, 6) is 3.98. The van der Waals surface area contributed by atoms with E-state index in [0.29, 0.717) is 34.7 Å². The first-order valence-corrected chi connectivity index (χ1v) is 9.98. The molecule has 0 aliphatic heterocycles. The van der Waals surface area contributed by atoms with Crippen LogP contribution in [0.3, 0.4) is 0 Å². The molecule has 0 atom stereocenters. The van der Waals surface area contributed by atoms with Gasteiger partial charge in [-0.05, 0) is 50.6 Å². The van der Waals surface area contributed by atoms with E-state index in [9.17, 15) is 22.4 Å². The normalized spacial score (nSPS) is 13.1. The monoisotopic (exact) mass is 478 g/mol. The number of carbonyl (C=O) groups is 1. The van der Waals surface area contributed by atoms with Gasteiger partial charge in [-0.1, -0.05) is 12.7 Å². The van der Waals surface area contributed by atoms with Crippen LogP contribution in [0.1, 0.15) is 30.7 Å². The Hall–Kier alpha value is -3.86. The number of aryl methyl sites for hydroxylation is 1. The van der Waals surface area contributed by atoms with Crippen LogP contribution in [0, 0.1) is 12.7 Å². The molecule has 1 heterocycles. The van der Waals surface area contributed by atoms with Gasteiger partial charge in [0.1, 0.15) is 5.82 Å². The maximum absolute atomic E-state index is 13.5. The first-order valence-electron chi connectivity index (χ1n) is 9.98. The first kappa shape index (κ1) is 26.4. The molecule has 0 saturated carbocycles. The van der Waals surface area contributed by atoms with Gasteiger partial charge >= 0.3 is 6.18 Å². The zero-order chi connectivity index (χ0) is 25.8. The molecule has 11 heteroatoms. The van der Waals surface area contributed by atoms with Gasteiger partial charge in [0.2, 0.25) is 0 Å². The maximum Gasteiger partial charge on any atom is 0.419 e. The van der Waals surface area contributed by atoms with Crippen LogP contribution in [-0.2, 0) is 18.0 Å². The number of halogens is 4. The lowest BCUT2D eigenvalue weighted by molar-refractivity contribution is -0.140. The molecular formula is C23H26F4N6O. The van der Waals surface area contributed by atoms with Crippen molar-refractivity contribution in [3.05, 3.63) is 88.8 Å². The number of anilines is 1. The molecule has 0 bridgehead atoms. The number of nitrogens with two attached hydrogens (primary N) is 2. The Bertz CT molecular complexity index is 1190. The summed E-state index contributed by atoms with van der Waals surface area (Å²) in [5.41, 5.74) is 7.14. The van der Waals surface area contributed by atoms with E-state index < -0.39 is 23.5 Å². The predicted molar refractivity (Wildman–Crippen MR) is 123 cm³/mol. The quantitative estimate of drug-likeness (QED) is 0.180. The summed E-state index contributed by atoms with van der Waals surface area (Å²) < 4.78 is 54.1. The summed E-state index contributed by atoms with van der Waals surface area (Å²) in [6.45, 7) is 8.92. The summed E-state index contributed by atoms with van der Waals surface area (Å²) in [6, 6.07) is 2.20. The molecule has 2 rings (SSSR count). The molecule has 0 aliphatic carbocycles. The Morgan fingerprint density at radius 1 is 1.32 bits per heavy atom. The average molecular weight is 478 g/mol. The summed E-state index contributed by atoms with van der Waals surface area (Å²) in [6.07, 6.45) is 0.970. The van der Waals surface area contributed by atoms with Crippen LogP contribution < -0.4 is 16.9 Å². The van der Waals surface area contributed by atoms with E-state index in [1.807, 2.05) is 6.92 Å². The zero-order valence-corrected chi connectivity index (χ0v) is 19.2. The number of carbonyl (C=O) groups excluding carboxylic acids is 1. The Kier molecular flexibility index (Phi) is 8.06. The fraction of sp³-hybridized carbons (Fsp3) is 0.217. The smallest absolute Gasteiger partial charge is 0.397 e. The minimum atomic E-state index is -4.90. The largest absolute Gasteiger partial charge is 0.419 e. The lowest BCUT2D eigenvalue weighted by Crippen LogP contribution is -2.27. The van der Waals surface area contributed by atoms with Crippen LogP contribution >= 0.6 is 0 Å². The number of benzene rings is 1. The fourth-order valence-corrected chi connectivity index (χ4v) is 2.94. The lowest BCUT2D eigenvalue weighted by atomic mass is 10.1. The molecule has 0 unspecified atom stereocenters. The number of amides is 1. The second-order valence-electron chi connectivity index (χ2n) is 7.46. The summed E-state index contributed by atoms with van der Waals surface area (Å²) >= 11 is 0. The molecule has 0 spiro atoms. The van der Waals surface area contributed by atoms with Crippen molar-refractivity contribution in [3.63, 3.8) is 0 Å². The van der Waals surface area contributed by atoms with Crippen molar-refractivity contribution >= 4 is 17.3 Å². The third-order valence-corrected chi connectivity index (χ3v) is 4.93. The van der Waals surface area contributed by atoms with Crippen LogP contribution in [0.5, 0.6) is 0 Å². The van der Waals surface area contributed by atoms with Crippen molar-refractivity contribution in [3.8, 4) is 0 Å². The number of allylic oxidation sites excluding steroid dienone is 2. The number of hydrazine groups is 1. The number of hydrogen-bond acceptors (Lipinski definition) is 5. The number of alkyl halides is 3. The number of nitrogens with zero attached hydrogens (tertiary/aromatic N) is 3. The van der Waals surface area contributed by atoms with Gasteiger partial charge in [0.05, 0.1) is 23.2 Å². The first-order chi connectivity index (χ1) is 15.8. The van der Waals surface area contributed by atoms with Gasteiger partial charge in [0.25, 0.3) is 5.91 Å². The van der Waals surface area contributed by atoms with E-state index in [1.165, 1.54) is 23.4 Å². The molecular weight excluding hydrogens is 452 g/mol. The SMILES string of the molecule is C=C(C)/C(=C\C(=CC)C(=O)Nc1ccc(F)c(C(F)(F)F)c1)N(N)/C=C(\N)c1cnn(C)c1C. The third kappa shape index (κ3) is 6.13. The van der Waals surface area contributed by atoms with Crippen molar-refractivity contribution in [2.24, 2.45) is 18.6 Å². The summed E-state index contributed by atoms with van der Waals surface area (Å²) in [5, 5.41) is 7.64. The Labute approximate surface area is 194 Å². The van der Waals surface area contributed by atoms with E-state index in [1.54, 1.807) is 31.8 Å². The molecule has 2 aromatic rings. The van der Waals surface area contributed by atoms with E-state index in [2.05, 4.69) is 17.0 Å². The highest BCUT2D eigenvalue weighted by molar-refractivity contribution is 6.05. The van der Waals surface area contributed by atoms with Crippen LogP contribution in [0.4, 0.5) is 23.2 Å². The van der Waals surface area contributed by atoms with Crippen LogP contribution in [-0.4, -0.2) is 20.7 Å². The second-order valence-corrected chi connectivity index (χ2v) is 7.46. The molecule has 0 aliphatic rings. The lowest BCUT2D eigenvalue weighted by Gasteiger charge is -2.20. The van der Waals surface area contributed by atoms with Crippen molar-refractivity contribution in [2.75, 3.05) is 5.32 Å². The molecule has 0 fully saturated rings.